The first kappa shape index (κ1) is 33.1. The minimum atomic E-state index is -3.88. The number of carbonyl (C=O) groups is 3. The van der Waals surface area contributed by atoms with Gasteiger partial charge in [0.25, 0.3) is 0 Å². The Bertz CT molecular complexity index is 1540. The van der Waals surface area contributed by atoms with E-state index >= 15 is 0 Å². The van der Waals surface area contributed by atoms with Gasteiger partial charge in [-0.3, -0.25) is 14.3 Å². The molecule has 0 radical (unpaired) electrons. The summed E-state index contributed by atoms with van der Waals surface area (Å²) in [4.78, 5) is 46.5. The zero-order valence-electron chi connectivity index (χ0n) is 25.9. The number of hydrogen-bond acceptors (Lipinski definition) is 9. The molecule has 0 spiro atoms. The van der Waals surface area contributed by atoms with Crippen molar-refractivity contribution in [3.05, 3.63) is 52.7 Å². The molecule has 44 heavy (non-hydrogen) atoms. The van der Waals surface area contributed by atoms with Crippen molar-refractivity contribution in [2.75, 3.05) is 31.1 Å². The van der Waals surface area contributed by atoms with Gasteiger partial charge in [0.15, 0.2) is 0 Å². The average molecular weight is 640 g/mol. The lowest BCUT2D eigenvalue weighted by atomic mass is 9.96. The molecule has 2 fully saturated rings. The molecule has 236 valence electrons. The number of hydrogen-bond donors (Lipinski definition) is 1. The normalized spacial score (nSPS) is 16.4. The zero-order valence-corrected chi connectivity index (χ0v) is 27.7. The van der Waals surface area contributed by atoms with Gasteiger partial charge in [-0.15, -0.1) is 0 Å². The number of likely N-dealkylation sites (tertiary alicyclic amines) is 1. The summed E-state index contributed by atoms with van der Waals surface area (Å²) in [7, 11) is -5.39. The van der Waals surface area contributed by atoms with Crippen LogP contribution in [0.4, 0.5) is 5.82 Å². The van der Waals surface area contributed by atoms with Crippen LogP contribution in [0.3, 0.4) is 0 Å². The van der Waals surface area contributed by atoms with Gasteiger partial charge in [0, 0.05) is 32.0 Å². The van der Waals surface area contributed by atoms with Gasteiger partial charge in [0.1, 0.15) is 11.9 Å². The lowest BCUT2D eigenvalue weighted by molar-refractivity contribution is -0.134. The van der Waals surface area contributed by atoms with Gasteiger partial charge in [-0.25, -0.2) is 18.2 Å². The molecule has 1 aromatic heterocycles. The highest BCUT2D eigenvalue weighted by Gasteiger charge is 2.31. The quantitative estimate of drug-likeness (QED) is 0.306. The number of piperidine rings is 2. The summed E-state index contributed by atoms with van der Waals surface area (Å²) in [5.74, 6) is -1.60. The minimum Gasteiger partial charge on any atom is -0.462 e. The Balaban J connectivity index is 1.45. The van der Waals surface area contributed by atoms with E-state index in [1.807, 2.05) is 17.0 Å². The summed E-state index contributed by atoms with van der Waals surface area (Å²) in [5, 5.41) is 11.1. The maximum Gasteiger partial charge on any atom is 0.340 e. The number of carbonyl (C=O) groups excluding carboxylic acids is 3. The van der Waals surface area contributed by atoms with Crippen molar-refractivity contribution in [2.24, 2.45) is 5.92 Å². The van der Waals surface area contributed by atoms with Crippen LogP contribution in [0.5, 0.6) is 0 Å². The summed E-state index contributed by atoms with van der Waals surface area (Å²) >= 11 is 0. The number of anilines is 1. The van der Waals surface area contributed by atoms with E-state index in [-0.39, 0.29) is 35.9 Å². The zero-order chi connectivity index (χ0) is 32.1. The lowest BCUT2D eigenvalue weighted by Gasteiger charge is -2.33. The molecule has 0 bridgehead atoms. The van der Waals surface area contributed by atoms with Crippen LogP contribution in [0.15, 0.2) is 30.3 Å². The first-order valence-electron chi connectivity index (χ1n) is 15.1. The number of esters is 1. The highest BCUT2D eigenvalue weighted by Crippen LogP contribution is 2.28. The molecule has 0 aliphatic carbocycles. The third kappa shape index (κ3) is 8.24. The van der Waals surface area contributed by atoms with E-state index in [0.29, 0.717) is 56.0 Å². The number of ether oxygens (including phenoxy) is 1. The van der Waals surface area contributed by atoms with Crippen molar-refractivity contribution in [1.29, 1.82) is 5.26 Å². The van der Waals surface area contributed by atoms with E-state index in [4.69, 9.17) is 9.72 Å². The average Bonchev–Trinajstić information content (AvgIpc) is 2.97. The van der Waals surface area contributed by atoms with E-state index in [9.17, 15) is 28.1 Å². The summed E-state index contributed by atoms with van der Waals surface area (Å²) in [5.41, 5.74) is 1.31. The largest absolute Gasteiger partial charge is 0.462 e. The molecule has 2 aliphatic rings. The minimum absolute atomic E-state index is 0.0101. The van der Waals surface area contributed by atoms with E-state index < -0.39 is 35.9 Å². The molecule has 2 saturated heterocycles. The smallest absolute Gasteiger partial charge is 0.340 e. The second kappa shape index (κ2) is 13.9. The van der Waals surface area contributed by atoms with Gasteiger partial charge in [-0.05, 0) is 44.2 Å². The van der Waals surface area contributed by atoms with E-state index in [2.05, 4.69) is 30.4 Å². The third-order valence-corrected chi connectivity index (χ3v) is 11.3. The molecule has 4 rings (SSSR count). The predicted molar refractivity (Wildman–Crippen MR) is 169 cm³/mol. The Morgan fingerprint density at radius 2 is 1.80 bits per heavy atom. The fourth-order valence-electron chi connectivity index (χ4n) is 5.53. The van der Waals surface area contributed by atoms with Crippen LogP contribution < -0.4 is 14.8 Å². The van der Waals surface area contributed by atoms with Crippen LogP contribution in [-0.4, -0.2) is 70.4 Å². The molecule has 0 atom stereocenters. The summed E-state index contributed by atoms with van der Waals surface area (Å²) in [6, 6.07) is 11.1. The number of benzene rings is 1. The third-order valence-electron chi connectivity index (χ3n) is 8.06. The Kier molecular flexibility index (Phi) is 10.5. The van der Waals surface area contributed by atoms with E-state index in [0.717, 1.165) is 12.8 Å². The van der Waals surface area contributed by atoms with Gasteiger partial charge < -0.3 is 14.5 Å². The van der Waals surface area contributed by atoms with Gasteiger partial charge in [0.05, 0.1) is 43.8 Å². The number of amides is 2. The van der Waals surface area contributed by atoms with E-state index in [1.165, 1.54) is 11.3 Å². The number of rotatable bonds is 10. The van der Waals surface area contributed by atoms with Crippen LogP contribution in [-0.2, 0) is 36.6 Å². The molecular weight excluding hydrogens is 599 g/mol. The first-order chi connectivity index (χ1) is 20.8. The molecule has 0 saturated carbocycles. The molecule has 1 aromatic carbocycles. The number of pyridine rings is 1. The molecule has 1 N–H and O–H groups in total. The standard InChI is InChI=1S/C31H41N5O6SSi/c1-5-42-31(39)26-18-24(19-32)29(33-27(26)20-36-15-7-6-8-28(36)37)35-16-13-23(14-17-35)30(38)34-43(40,41)21-22-9-11-25(12-10-22)44(2,3)4/h9-12,18,23H,5-8,13-17,20-21H2,1-4H3,(H,34,38). The summed E-state index contributed by atoms with van der Waals surface area (Å²) < 4.78 is 33.1. The monoisotopic (exact) mass is 639 g/mol. The highest BCUT2D eigenvalue weighted by molar-refractivity contribution is 7.89. The molecular formula is C31H41N5O6SSi. The number of sulfonamides is 1. The summed E-state index contributed by atoms with van der Waals surface area (Å²) in [6.07, 6.45) is 2.84. The second-order valence-electron chi connectivity index (χ2n) is 12.4. The molecule has 2 aliphatic heterocycles. The van der Waals surface area contributed by atoms with Gasteiger partial charge in [0.2, 0.25) is 21.8 Å². The van der Waals surface area contributed by atoms with Gasteiger partial charge in [-0.1, -0.05) is 49.1 Å². The van der Waals surface area contributed by atoms with Gasteiger partial charge in [-0.2, -0.15) is 5.26 Å². The molecule has 0 unspecified atom stereocenters. The lowest BCUT2D eigenvalue weighted by Crippen LogP contribution is -2.43. The number of aromatic nitrogens is 1. The topological polar surface area (TPSA) is 150 Å². The SMILES string of the molecule is CCOC(=O)c1cc(C#N)c(N2CCC(C(=O)NS(=O)(=O)Cc3ccc([Si](C)(C)C)cc3)CC2)nc1CN1CCCCC1=O. The Morgan fingerprint density at radius 3 is 2.39 bits per heavy atom. The molecule has 2 amide bonds. The Labute approximate surface area is 260 Å². The highest BCUT2D eigenvalue weighted by atomic mass is 32.2. The molecule has 3 heterocycles. The Morgan fingerprint density at radius 1 is 1.11 bits per heavy atom. The van der Waals surface area contributed by atoms with Gasteiger partial charge >= 0.3 is 5.97 Å². The van der Waals surface area contributed by atoms with Crippen LogP contribution in [0.2, 0.25) is 19.6 Å². The fourth-order valence-corrected chi connectivity index (χ4v) is 7.87. The predicted octanol–water partition coefficient (Wildman–Crippen LogP) is 3.05. The first-order valence-corrected chi connectivity index (χ1v) is 20.2. The maximum absolute atomic E-state index is 13.0. The number of nitrogens with one attached hydrogen (secondary N) is 1. The van der Waals surface area contributed by atoms with Crippen molar-refractivity contribution >= 4 is 46.9 Å². The fraction of sp³-hybridized carbons (Fsp3) is 0.516. The van der Waals surface area contributed by atoms with E-state index in [1.54, 1.807) is 24.0 Å². The van der Waals surface area contributed by atoms with Crippen molar-refractivity contribution in [2.45, 2.75) is 71.0 Å². The summed E-state index contributed by atoms with van der Waals surface area (Å²) in [6.45, 7) is 9.91. The van der Waals surface area contributed by atoms with Crippen molar-refractivity contribution < 1.29 is 27.5 Å². The maximum atomic E-state index is 13.0. The van der Waals surface area contributed by atoms with Crippen molar-refractivity contribution in [3.8, 4) is 6.07 Å². The Hall–Kier alpha value is -3.76. The number of nitriles is 1. The van der Waals surface area contributed by atoms with Crippen LogP contribution in [0, 0.1) is 17.2 Å². The van der Waals surface area contributed by atoms with Crippen LogP contribution >= 0.6 is 0 Å². The van der Waals surface area contributed by atoms with Crippen LogP contribution in [0.1, 0.15) is 66.2 Å². The molecule has 13 heteroatoms. The molecule has 2 aromatic rings. The van der Waals surface area contributed by atoms with Crippen LogP contribution in [0.25, 0.3) is 0 Å². The molecule has 11 nitrogen and oxygen atoms in total. The second-order valence-corrected chi connectivity index (χ2v) is 19.2. The number of nitrogens with zero attached hydrogens (tertiary/aromatic N) is 4. The van der Waals surface area contributed by atoms with Crippen molar-refractivity contribution in [1.82, 2.24) is 14.6 Å². The van der Waals surface area contributed by atoms with Crippen molar-refractivity contribution in [3.63, 3.8) is 0 Å².